The predicted octanol–water partition coefficient (Wildman–Crippen LogP) is 3.89. The minimum absolute atomic E-state index is 0.239. The zero-order chi connectivity index (χ0) is 22.1. The molecule has 3 aromatic rings. The van der Waals surface area contributed by atoms with E-state index in [1.807, 2.05) is 19.1 Å². The van der Waals surface area contributed by atoms with Crippen LogP contribution < -0.4 is 10.9 Å². The predicted molar refractivity (Wildman–Crippen MR) is 122 cm³/mol. The van der Waals surface area contributed by atoms with E-state index in [0.717, 1.165) is 44.1 Å². The summed E-state index contributed by atoms with van der Waals surface area (Å²) in [7, 11) is 1.34. The van der Waals surface area contributed by atoms with Crippen molar-refractivity contribution >= 4 is 39.6 Å². The molecule has 0 fully saturated rings. The van der Waals surface area contributed by atoms with Gasteiger partial charge in [-0.15, -0.1) is 22.7 Å². The smallest absolute Gasteiger partial charge is 0.341 e. The normalized spacial score (nSPS) is 15.4. The molecule has 0 radical (unpaired) electrons. The van der Waals surface area contributed by atoms with Crippen LogP contribution in [0.4, 0.5) is 5.00 Å². The number of rotatable bonds is 5. The number of amides is 1. The Hall–Kier alpha value is -2.78. The molecule has 1 amide bonds. The summed E-state index contributed by atoms with van der Waals surface area (Å²) in [6.45, 7) is 3.94. The molecule has 7 nitrogen and oxygen atoms in total. The molecular formula is C22H23N3O4S2. The quantitative estimate of drug-likeness (QED) is 0.587. The van der Waals surface area contributed by atoms with Gasteiger partial charge in [-0.3, -0.25) is 9.59 Å². The first-order valence-electron chi connectivity index (χ1n) is 10.0. The Morgan fingerprint density at radius 2 is 2.06 bits per heavy atom. The number of carbonyl (C=O) groups is 2. The van der Waals surface area contributed by atoms with Crippen molar-refractivity contribution in [2.24, 2.45) is 5.92 Å². The van der Waals surface area contributed by atoms with Crippen molar-refractivity contribution in [3.63, 3.8) is 0 Å². The molecule has 0 saturated heterocycles. The van der Waals surface area contributed by atoms with Crippen molar-refractivity contribution in [2.45, 2.75) is 39.7 Å². The van der Waals surface area contributed by atoms with E-state index >= 15 is 0 Å². The Labute approximate surface area is 187 Å². The number of nitrogens with zero attached hydrogens (tertiary/aromatic N) is 2. The fourth-order valence-electron chi connectivity index (χ4n) is 3.72. The van der Waals surface area contributed by atoms with Crippen LogP contribution in [0.2, 0.25) is 0 Å². The Morgan fingerprint density at radius 3 is 2.77 bits per heavy atom. The molecule has 0 aliphatic heterocycles. The number of carbonyl (C=O) groups excluding carboxylic acids is 2. The number of fused-ring (bicyclic) bond motifs is 1. The van der Waals surface area contributed by atoms with Crippen molar-refractivity contribution < 1.29 is 14.3 Å². The molecule has 0 spiro atoms. The van der Waals surface area contributed by atoms with Crippen LogP contribution in [0.3, 0.4) is 0 Å². The van der Waals surface area contributed by atoms with Crippen LogP contribution in [-0.4, -0.2) is 28.8 Å². The number of thiophene rings is 2. The highest BCUT2D eigenvalue weighted by Gasteiger charge is 2.29. The third-order valence-electron chi connectivity index (χ3n) is 5.31. The molecule has 1 aliphatic carbocycles. The minimum atomic E-state index is -0.451. The molecule has 0 saturated carbocycles. The van der Waals surface area contributed by atoms with Crippen LogP contribution in [0.25, 0.3) is 10.6 Å². The van der Waals surface area contributed by atoms with Gasteiger partial charge in [-0.2, -0.15) is 5.10 Å². The molecule has 9 heteroatoms. The molecule has 162 valence electrons. The molecule has 31 heavy (non-hydrogen) atoms. The van der Waals surface area contributed by atoms with E-state index in [-0.39, 0.29) is 12.1 Å². The maximum atomic E-state index is 12.8. The van der Waals surface area contributed by atoms with Crippen molar-refractivity contribution in [3.05, 3.63) is 55.5 Å². The zero-order valence-corrected chi connectivity index (χ0v) is 19.2. The van der Waals surface area contributed by atoms with Gasteiger partial charge in [-0.1, -0.05) is 6.92 Å². The van der Waals surface area contributed by atoms with Gasteiger partial charge in [0.2, 0.25) is 5.91 Å². The van der Waals surface area contributed by atoms with Crippen LogP contribution in [0.1, 0.15) is 39.0 Å². The summed E-state index contributed by atoms with van der Waals surface area (Å²) in [6, 6.07) is 7.00. The Balaban J connectivity index is 1.58. The molecule has 1 atom stereocenters. The minimum Gasteiger partial charge on any atom is -0.465 e. The van der Waals surface area contributed by atoms with Gasteiger partial charge >= 0.3 is 5.97 Å². The lowest BCUT2D eigenvalue weighted by Gasteiger charge is -2.18. The van der Waals surface area contributed by atoms with E-state index in [1.54, 1.807) is 17.4 Å². The maximum absolute atomic E-state index is 12.8. The average molecular weight is 458 g/mol. The van der Waals surface area contributed by atoms with Crippen molar-refractivity contribution in [3.8, 4) is 10.6 Å². The lowest BCUT2D eigenvalue weighted by atomic mass is 9.88. The highest BCUT2D eigenvalue weighted by atomic mass is 32.1. The average Bonchev–Trinajstić information content (AvgIpc) is 3.31. The van der Waals surface area contributed by atoms with Gasteiger partial charge < -0.3 is 10.1 Å². The molecule has 1 unspecified atom stereocenters. The lowest BCUT2D eigenvalue weighted by Crippen LogP contribution is -2.29. The third kappa shape index (κ3) is 4.47. The SMILES string of the molecule is COC(=O)c1c(NC(=O)Cn2nc(-c3ccc(C)s3)ccc2=O)sc2c1CCC(C)C2. The molecule has 1 aliphatic rings. The van der Waals surface area contributed by atoms with Gasteiger partial charge in [0.05, 0.1) is 17.6 Å². The van der Waals surface area contributed by atoms with Crippen LogP contribution >= 0.6 is 22.7 Å². The van der Waals surface area contributed by atoms with Crippen molar-refractivity contribution in [1.82, 2.24) is 9.78 Å². The number of aromatic nitrogens is 2. The molecular weight excluding hydrogens is 434 g/mol. The second-order valence-corrected chi connectivity index (χ2v) is 10.1. The Bertz CT molecular complexity index is 1210. The van der Waals surface area contributed by atoms with Crippen LogP contribution in [-0.2, 0) is 28.9 Å². The first-order chi connectivity index (χ1) is 14.9. The maximum Gasteiger partial charge on any atom is 0.341 e. The van der Waals surface area contributed by atoms with E-state index in [2.05, 4.69) is 17.3 Å². The van der Waals surface area contributed by atoms with Crippen LogP contribution in [0.15, 0.2) is 29.1 Å². The number of hydrogen-bond acceptors (Lipinski definition) is 7. The lowest BCUT2D eigenvalue weighted by molar-refractivity contribution is -0.116. The van der Waals surface area contributed by atoms with E-state index in [4.69, 9.17) is 4.74 Å². The van der Waals surface area contributed by atoms with Gasteiger partial charge in [0.1, 0.15) is 17.2 Å². The van der Waals surface area contributed by atoms with Crippen LogP contribution in [0, 0.1) is 12.8 Å². The highest BCUT2D eigenvalue weighted by molar-refractivity contribution is 7.17. The number of hydrogen-bond donors (Lipinski definition) is 1. The molecule has 4 rings (SSSR count). The standard InChI is InChI=1S/C22H23N3O4S2/c1-12-4-6-14-17(10-12)31-21(20(14)22(28)29-3)23-18(26)11-25-19(27)9-7-15(24-25)16-8-5-13(2)30-16/h5,7-9,12H,4,6,10-11H2,1-3H3,(H,23,26). The van der Waals surface area contributed by atoms with E-state index < -0.39 is 11.9 Å². The number of anilines is 1. The number of esters is 1. The monoisotopic (exact) mass is 457 g/mol. The summed E-state index contributed by atoms with van der Waals surface area (Å²) in [5.41, 5.74) is 1.68. The summed E-state index contributed by atoms with van der Waals surface area (Å²) >= 11 is 2.99. The Morgan fingerprint density at radius 1 is 1.26 bits per heavy atom. The third-order valence-corrected chi connectivity index (χ3v) is 7.50. The van der Waals surface area contributed by atoms with E-state index in [0.29, 0.717) is 22.2 Å². The second kappa shape index (κ2) is 8.76. The number of methoxy groups -OCH3 is 1. The summed E-state index contributed by atoms with van der Waals surface area (Å²) in [5, 5.41) is 7.65. The highest BCUT2D eigenvalue weighted by Crippen LogP contribution is 2.40. The number of nitrogens with one attached hydrogen (secondary N) is 1. The van der Waals surface area contributed by atoms with Gasteiger partial charge in [-0.05, 0) is 55.9 Å². The van der Waals surface area contributed by atoms with Crippen molar-refractivity contribution in [2.75, 3.05) is 12.4 Å². The summed E-state index contributed by atoms with van der Waals surface area (Å²) in [4.78, 5) is 40.6. The largest absolute Gasteiger partial charge is 0.465 e. The van der Waals surface area contributed by atoms with Gasteiger partial charge in [0.15, 0.2) is 0 Å². The topological polar surface area (TPSA) is 90.3 Å². The first-order valence-corrected chi connectivity index (χ1v) is 11.7. The fraction of sp³-hybridized carbons (Fsp3) is 0.364. The van der Waals surface area contributed by atoms with Crippen LogP contribution in [0.5, 0.6) is 0 Å². The summed E-state index contributed by atoms with van der Waals surface area (Å²) in [5.74, 6) is -0.329. The van der Waals surface area contributed by atoms with Crippen molar-refractivity contribution in [1.29, 1.82) is 0 Å². The molecule has 3 heterocycles. The first kappa shape index (κ1) is 21.5. The van der Waals surface area contributed by atoms with Gasteiger partial charge in [0.25, 0.3) is 5.56 Å². The molecule has 0 bridgehead atoms. The zero-order valence-electron chi connectivity index (χ0n) is 17.6. The Kier molecular flexibility index (Phi) is 6.06. The number of ether oxygens (including phenoxy) is 1. The molecule has 0 aromatic carbocycles. The summed E-state index contributed by atoms with van der Waals surface area (Å²) < 4.78 is 6.11. The van der Waals surface area contributed by atoms with Gasteiger partial charge in [-0.25, -0.2) is 9.48 Å². The molecule has 1 N–H and O–H groups in total. The molecule has 3 aromatic heterocycles. The number of aryl methyl sites for hydroxylation is 1. The van der Waals surface area contributed by atoms with E-state index in [1.165, 1.54) is 24.5 Å². The van der Waals surface area contributed by atoms with E-state index in [9.17, 15) is 14.4 Å². The second-order valence-electron chi connectivity index (χ2n) is 7.72. The fourth-order valence-corrected chi connectivity index (χ4v) is 5.97. The summed E-state index contributed by atoms with van der Waals surface area (Å²) in [6.07, 6.45) is 2.66. The van der Waals surface area contributed by atoms with Gasteiger partial charge in [0, 0.05) is 15.8 Å².